The summed E-state index contributed by atoms with van der Waals surface area (Å²) in [7, 11) is -2.04. The number of ether oxygens (including phenoxy) is 1. The maximum Gasteiger partial charge on any atom is 0.244 e. The standard InChI is InChI=1S/C23H22IN5O4S/c1-25-23-27-20(8-7-17-11-18(13-26-12-17)33-10-9-30)21-19(24)14-29(22(21)28-23)34(31,32)15-16-5-3-2-4-6-16/h2-8,11-14,30H,9-10,15H2,1H3,(H,25,27,28). The Balaban J connectivity index is 1.76. The van der Waals surface area contributed by atoms with E-state index in [-0.39, 0.29) is 19.0 Å². The summed E-state index contributed by atoms with van der Waals surface area (Å²) in [6, 6.07) is 10.8. The van der Waals surface area contributed by atoms with Gasteiger partial charge in [-0.1, -0.05) is 36.4 Å². The van der Waals surface area contributed by atoms with Crippen molar-refractivity contribution >= 4 is 61.7 Å². The van der Waals surface area contributed by atoms with Crippen molar-refractivity contribution in [2.24, 2.45) is 0 Å². The van der Waals surface area contributed by atoms with E-state index in [0.29, 0.717) is 37.6 Å². The van der Waals surface area contributed by atoms with Crippen molar-refractivity contribution in [3.8, 4) is 5.75 Å². The third kappa shape index (κ3) is 5.37. The Kier molecular flexibility index (Phi) is 7.44. The average Bonchev–Trinajstić information content (AvgIpc) is 3.19. The van der Waals surface area contributed by atoms with Crippen LogP contribution < -0.4 is 10.1 Å². The zero-order valence-electron chi connectivity index (χ0n) is 18.2. The van der Waals surface area contributed by atoms with Gasteiger partial charge < -0.3 is 15.2 Å². The van der Waals surface area contributed by atoms with Gasteiger partial charge in [0.1, 0.15) is 12.4 Å². The van der Waals surface area contributed by atoms with E-state index in [1.54, 1.807) is 49.9 Å². The molecule has 0 saturated heterocycles. The van der Waals surface area contributed by atoms with Crippen LogP contribution in [0.5, 0.6) is 5.75 Å². The van der Waals surface area contributed by atoms with E-state index in [1.807, 2.05) is 24.3 Å². The normalized spacial score (nSPS) is 11.9. The molecule has 0 aliphatic carbocycles. The lowest BCUT2D eigenvalue weighted by Crippen LogP contribution is -2.15. The highest BCUT2D eigenvalue weighted by molar-refractivity contribution is 14.1. The van der Waals surface area contributed by atoms with Crippen LogP contribution in [-0.4, -0.2) is 52.7 Å². The Bertz CT molecular complexity index is 1440. The number of pyridine rings is 1. The number of hydrogen-bond acceptors (Lipinski definition) is 8. The van der Waals surface area contributed by atoms with Crippen LogP contribution in [0.3, 0.4) is 0 Å². The van der Waals surface area contributed by atoms with E-state index < -0.39 is 10.0 Å². The molecule has 0 spiro atoms. The largest absolute Gasteiger partial charge is 0.490 e. The van der Waals surface area contributed by atoms with Crippen molar-refractivity contribution in [1.82, 2.24) is 18.9 Å². The number of halogens is 1. The van der Waals surface area contributed by atoms with Gasteiger partial charge in [0, 0.05) is 23.0 Å². The van der Waals surface area contributed by atoms with Gasteiger partial charge in [-0.15, -0.1) is 0 Å². The molecule has 0 amide bonds. The van der Waals surface area contributed by atoms with Crippen LogP contribution in [0.4, 0.5) is 5.95 Å². The summed E-state index contributed by atoms with van der Waals surface area (Å²) in [5.41, 5.74) is 2.32. The minimum atomic E-state index is -3.72. The molecule has 0 unspecified atom stereocenters. The monoisotopic (exact) mass is 591 g/mol. The molecule has 9 nitrogen and oxygen atoms in total. The van der Waals surface area contributed by atoms with E-state index in [2.05, 4.69) is 42.9 Å². The number of anilines is 1. The van der Waals surface area contributed by atoms with Gasteiger partial charge in [0.15, 0.2) is 5.65 Å². The molecule has 0 radical (unpaired) electrons. The number of aliphatic hydroxyl groups is 1. The minimum absolute atomic E-state index is 0.0889. The van der Waals surface area contributed by atoms with Crippen molar-refractivity contribution in [1.29, 1.82) is 0 Å². The van der Waals surface area contributed by atoms with Crippen LogP contribution in [0.25, 0.3) is 23.2 Å². The van der Waals surface area contributed by atoms with E-state index in [9.17, 15) is 8.42 Å². The van der Waals surface area contributed by atoms with E-state index >= 15 is 0 Å². The fourth-order valence-corrected chi connectivity index (χ4v) is 5.73. The first-order valence-electron chi connectivity index (χ1n) is 10.3. The number of hydrogen-bond donors (Lipinski definition) is 2. The molecule has 4 rings (SSSR count). The van der Waals surface area contributed by atoms with Gasteiger partial charge in [0.2, 0.25) is 16.0 Å². The maximum absolute atomic E-state index is 13.3. The lowest BCUT2D eigenvalue weighted by Gasteiger charge is -2.09. The second-order valence-electron chi connectivity index (χ2n) is 7.26. The molecule has 3 aromatic heterocycles. The molecule has 2 N–H and O–H groups in total. The molecule has 0 aliphatic rings. The van der Waals surface area contributed by atoms with Gasteiger partial charge in [-0.25, -0.2) is 17.4 Å². The van der Waals surface area contributed by atoms with Crippen molar-refractivity contribution in [3.63, 3.8) is 0 Å². The molecule has 1 aromatic carbocycles. The van der Waals surface area contributed by atoms with Gasteiger partial charge in [0.05, 0.1) is 29.6 Å². The van der Waals surface area contributed by atoms with Crippen LogP contribution in [0.1, 0.15) is 16.8 Å². The van der Waals surface area contributed by atoms with Gasteiger partial charge in [-0.2, -0.15) is 4.98 Å². The molecular weight excluding hydrogens is 569 g/mol. The zero-order valence-corrected chi connectivity index (χ0v) is 21.2. The fraction of sp³-hybridized carbons (Fsp3) is 0.174. The number of aliphatic hydroxyl groups excluding tert-OH is 1. The molecular formula is C23H22IN5O4S. The lowest BCUT2D eigenvalue weighted by atomic mass is 10.2. The van der Waals surface area contributed by atoms with Crippen LogP contribution in [0.15, 0.2) is 55.0 Å². The predicted octanol–water partition coefficient (Wildman–Crippen LogP) is 3.39. The van der Waals surface area contributed by atoms with Crippen molar-refractivity contribution in [3.05, 3.63) is 75.4 Å². The van der Waals surface area contributed by atoms with Crippen molar-refractivity contribution in [2.45, 2.75) is 5.75 Å². The van der Waals surface area contributed by atoms with E-state index in [4.69, 9.17) is 9.84 Å². The van der Waals surface area contributed by atoms with Crippen LogP contribution in [0.2, 0.25) is 0 Å². The predicted molar refractivity (Wildman–Crippen MR) is 140 cm³/mol. The zero-order chi connectivity index (χ0) is 24.1. The smallest absolute Gasteiger partial charge is 0.244 e. The highest BCUT2D eigenvalue weighted by atomic mass is 127. The Hall–Kier alpha value is -3.03. The average molecular weight is 591 g/mol. The third-order valence-electron chi connectivity index (χ3n) is 4.84. The summed E-state index contributed by atoms with van der Waals surface area (Å²) < 4.78 is 33.9. The summed E-state index contributed by atoms with van der Waals surface area (Å²) in [6.07, 6.45) is 8.40. The number of nitrogens with one attached hydrogen (secondary N) is 1. The summed E-state index contributed by atoms with van der Waals surface area (Å²) in [5, 5.41) is 12.5. The lowest BCUT2D eigenvalue weighted by molar-refractivity contribution is 0.201. The molecule has 0 fully saturated rings. The topological polar surface area (TPSA) is 119 Å². The Morgan fingerprint density at radius 2 is 1.97 bits per heavy atom. The summed E-state index contributed by atoms with van der Waals surface area (Å²) in [5.74, 6) is 0.688. The molecule has 0 aliphatic heterocycles. The fourth-order valence-electron chi connectivity index (χ4n) is 3.33. The number of aromatic nitrogens is 4. The Morgan fingerprint density at radius 1 is 1.18 bits per heavy atom. The van der Waals surface area contributed by atoms with Gasteiger partial charge in [0.25, 0.3) is 0 Å². The molecule has 4 aromatic rings. The molecule has 0 bridgehead atoms. The van der Waals surface area contributed by atoms with Gasteiger partial charge in [-0.05, 0) is 45.9 Å². The first kappa shape index (κ1) is 24.1. The molecule has 34 heavy (non-hydrogen) atoms. The Labute approximate surface area is 210 Å². The SMILES string of the molecule is CNc1nc(C=Cc2cncc(OCCO)c2)c2c(I)cn(S(=O)(=O)Cc3ccccc3)c2n1. The molecule has 0 saturated carbocycles. The second-order valence-corrected chi connectivity index (χ2v) is 10.3. The third-order valence-corrected chi connectivity index (χ3v) is 7.23. The van der Waals surface area contributed by atoms with Crippen LogP contribution in [0, 0.1) is 3.57 Å². The first-order valence-corrected chi connectivity index (χ1v) is 13.0. The minimum Gasteiger partial charge on any atom is -0.490 e. The highest BCUT2D eigenvalue weighted by Crippen LogP contribution is 2.29. The molecule has 176 valence electrons. The van der Waals surface area contributed by atoms with Crippen LogP contribution >= 0.6 is 22.6 Å². The molecule has 3 heterocycles. The summed E-state index contributed by atoms with van der Waals surface area (Å²) >= 11 is 2.10. The molecule has 0 atom stereocenters. The highest BCUT2D eigenvalue weighted by Gasteiger charge is 2.22. The summed E-state index contributed by atoms with van der Waals surface area (Å²) in [6.45, 7) is 0.0878. The van der Waals surface area contributed by atoms with Crippen LogP contribution in [-0.2, 0) is 15.8 Å². The van der Waals surface area contributed by atoms with E-state index in [1.165, 1.54) is 3.97 Å². The number of benzene rings is 1. The quantitative estimate of drug-likeness (QED) is 0.285. The summed E-state index contributed by atoms with van der Waals surface area (Å²) in [4.78, 5) is 13.1. The molecule has 11 heteroatoms. The van der Waals surface area contributed by atoms with E-state index in [0.717, 1.165) is 5.56 Å². The van der Waals surface area contributed by atoms with Crippen molar-refractivity contribution in [2.75, 3.05) is 25.6 Å². The number of nitrogens with zero attached hydrogens (tertiary/aromatic N) is 4. The first-order chi connectivity index (χ1) is 16.4. The maximum atomic E-state index is 13.3. The number of rotatable bonds is 9. The number of fused-ring (bicyclic) bond motifs is 1. The Morgan fingerprint density at radius 3 is 2.71 bits per heavy atom. The second kappa shape index (κ2) is 10.5. The van der Waals surface area contributed by atoms with Crippen molar-refractivity contribution < 1.29 is 18.3 Å². The van der Waals surface area contributed by atoms with Gasteiger partial charge in [-0.3, -0.25) is 4.98 Å². The van der Waals surface area contributed by atoms with Gasteiger partial charge >= 0.3 is 0 Å².